The maximum Gasteiger partial charge on any atom is 0.253 e. The van der Waals surface area contributed by atoms with Gasteiger partial charge in [-0.3, -0.25) is 14.5 Å². The summed E-state index contributed by atoms with van der Waals surface area (Å²) in [5, 5.41) is 3.01. The van der Waals surface area contributed by atoms with Gasteiger partial charge in [0.15, 0.2) is 0 Å². The van der Waals surface area contributed by atoms with Crippen molar-refractivity contribution in [2.75, 3.05) is 38.0 Å². The Kier molecular flexibility index (Phi) is 6.47. The van der Waals surface area contributed by atoms with E-state index in [0.29, 0.717) is 32.7 Å². The van der Waals surface area contributed by atoms with E-state index in [4.69, 9.17) is 0 Å². The number of hydrogen-bond donors (Lipinski definition) is 1. The third-order valence-electron chi connectivity index (χ3n) is 5.30. The van der Waals surface area contributed by atoms with Gasteiger partial charge < -0.3 is 10.2 Å². The molecular formula is C23H29N3O2. The fraction of sp³-hybridized carbons (Fsp3) is 0.391. The first-order valence-electron chi connectivity index (χ1n) is 9.94. The minimum atomic E-state index is -0.0105. The molecule has 2 aromatic carbocycles. The number of carbonyl (C=O) groups excluding carboxylic acids is 2. The van der Waals surface area contributed by atoms with Gasteiger partial charge in [-0.1, -0.05) is 31.2 Å². The van der Waals surface area contributed by atoms with Crippen LogP contribution in [0.5, 0.6) is 0 Å². The number of benzene rings is 2. The molecule has 28 heavy (non-hydrogen) atoms. The van der Waals surface area contributed by atoms with Crippen molar-refractivity contribution in [3.63, 3.8) is 0 Å². The van der Waals surface area contributed by atoms with Crippen molar-refractivity contribution >= 4 is 17.5 Å². The number of piperazine rings is 1. The van der Waals surface area contributed by atoms with Crippen LogP contribution in [0.4, 0.5) is 5.69 Å². The van der Waals surface area contributed by atoms with Crippen LogP contribution in [0.15, 0.2) is 42.5 Å². The van der Waals surface area contributed by atoms with E-state index in [9.17, 15) is 9.59 Å². The molecule has 2 aromatic rings. The van der Waals surface area contributed by atoms with E-state index in [0.717, 1.165) is 28.8 Å². The van der Waals surface area contributed by atoms with Gasteiger partial charge in [-0.05, 0) is 55.2 Å². The molecule has 1 saturated heterocycles. The van der Waals surface area contributed by atoms with Crippen molar-refractivity contribution < 1.29 is 9.59 Å². The molecule has 1 fully saturated rings. The number of hydrogen-bond acceptors (Lipinski definition) is 3. The van der Waals surface area contributed by atoms with Gasteiger partial charge in [-0.2, -0.15) is 0 Å². The van der Waals surface area contributed by atoms with Crippen molar-refractivity contribution in [1.82, 2.24) is 9.80 Å². The number of carbonyl (C=O) groups is 2. The number of nitrogens with zero attached hydrogens (tertiary/aromatic N) is 2. The van der Waals surface area contributed by atoms with Crippen LogP contribution >= 0.6 is 0 Å². The Hall–Kier alpha value is -2.66. The van der Waals surface area contributed by atoms with Crippen LogP contribution < -0.4 is 5.32 Å². The van der Waals surface area contributed by atoms with Crippen molar-refractivity contribution in [2.45, 2.75) is 27.2 Å². The number of anilines is 1. The molecule has 1 heterocycles. The molecule has 1 aliphatic rings. The van der Waals surface area contributed by atoms with Gasteiger partial charge in [-0.25, -0.2) is 0 Å². The molecule has 0 unspecified atom stereocenters. The van der Waals surface area contributed by atoms with Crippen LogP contribution in [0.1, 0.15) is 34.0 Å². The molecule has 0 saturated carbocycles. The molecule has 1 aliphatic heterocycles. The summed E-state index contributed by atoms with van der Waals surface area (Å²) in [6, 6.07) is 13.9. The third kappa shape index (κ3) is 4.98. The Morgan fingerprint density at radius 2 is 1.64 bits per heavy atom. The molecule has 0 aliphatic carbocycles. The zero-order valence-electron chi connectivity index (χ0n) is 17.0. The molecule has 2 amide bonds. The topological polar surface area (TPSA) is 52.7 Å². The highest BCUT2D eigenvalue weighted by Crippen LogP contribution is 2.16. The summed E-state index contributed by atoms with van der Waals surface area (Å²) in [6.45, 7) is 9.16. The molecule has 3 rings (SSSR count). The van der Waals surface area contributed by atoms with Gasteiger partial charge >= 0.3 is 0 Å². The second-order valence-corrected chi connectivity index (χ2v) is 7.49. The van der Waals surface area contributed by atoms with E-state index >= 15 is 0 Å². The van der Waals surface area contributed by atoms with Crippen LogP contribution in [0.3, 0.4) is 0 Å². The lowest BCUT2D eigenvalue weighted by Crippen LogP contribution is -2.50. The predicted octanol–water partition coefficient (Wildman–Crippen LogP) is 3.26. The van der Waals surface area contributed by atoms with E-state index in [1.165, 1.54) is 5.56 Å². The molecule has 5 nitrogen and oxygen atoms in total. The summed E-state index contributed by atoms with van der Waals surface area (Å²) >= 11 is 0. The largest absolute Gasteiger partial charge is 0.336 e. The molecular weight excluding hydrogens is 350 g/mol. The second-order valence-electron chi connectivity index (χ2n) is 7.49. The van der Waals surface area contributed by atoms with E-state index in [-0.39, 0.29) is 11.8 Å². The lowest BCUT2D eigenvalue weighted by molar-refractivity contribution is -0.117. The number of nitrogens with one attached hydrogen (secondary N) is 1. The lowest BCUT2D eigenvalue weighted by Gasteiger charge is -2.34. The summed E-state index contributed by atoms with van der Waals surface area (Å²) < 4.78 is 0. The van der Waals surface area contributed by atoms with Crippen LogP contribution in [-0.4, -0.2) is 54.3 Å². The Bertz CT molecular complexity index is 837. The normalized spacial score (nSPS) is 14.8. The minimum Gasteiger partial charge on any atom is -0.336 e. The zero-order chi connectivity index (χ0) is 20.1. The van der Waals surface area contributed by atoms with Crippen molar-refractivity contribution in [1.29, 1.82) is 0 Å². The average molecular weight is 380 g/mol. The number of rotatable bonds is 5. The van der Waals surface area contributed by atoms with Gasteiger partial charge in [0.2, 0.25) is 5.91 Å². The molecule has 1 N–H and O–H groups in total. The minimum absolute atomic E-state index is 0.0105. The van der Waals surface area contributed by atoms with Gasteiger partial charge in [0.1, 0.15) is 0 Å². The smallest absolute Gasteiger partial charge is 0.253 e. The Morgan fingerprint density at radius 1 is 0.964 bits per heavy atom. The molecule has 0 spiro atoms. The first kappa shape index (κ1) is 20.1. The van der Waals surface area contributed by atoms with Crippen LogP contribution in [0.25, 0.3) is 0 Å². The first-order chi connectivity index (χ1) is 13.5. The average Bonchev–Trinajstić information content (AvgIpc) is 2.71. The van der Waals surface area contributed by atoms with E-state index in [1.54, 1.807) is 0 Å². The maximum absolute atomic E-state index is 12.7. The maximum atomic E-state index is 12.7. The summed E-state index contributed by atoms with van der Waals surface area (Å²) in [5.41, 5.74) is 5.02. The van der Waals surface area contributed by atoms with Gasteiger partial charge in [-0.15, -0.1) is 0 Å². The second kappa shape index (κ2) is 9.02. The third-order valence-corrected chi connectivity index (χ3v) is 5.30. The summed E-state index contributed by atoms with van der Waals surface area (Å²) in [7, 11) is 0. The highest BCUT2D eigenvalue weighted by molar-refractivity contribution is 5.94. The van der Waals surface area contributed by atoms with Crippen molar-refractivity contribution in [3.05, 3.63) is 64.7 Å². The summed E-state index contributed by atoms with van der Waals surface area (Å²) in [4.78, 5) is 29.1. The number of amides is 2. The molecule has 0 radical (unpaired) electrons. The SMILES string of the molecule is CCc1ccc(C(=O)N2CCN(CC(=O)Nc3cc(C)ccc3C)CC2)cc1. The first-order valence-corrected chi connectivity index (χ1v) is 9.94. The molecule has 0 bridgehead atoms. The quantitative estimate of drug-likeness (QED) is 0.868. The van der Waals surface area contributed by atoms with Crippen LogP contribution in [0, 0.1) is 13.8 Å². The highest BCUT2D eigenvalue weighted by atomic mass is 16.2. The predicted molar refractivity (Wildman–Crippen MR) is 113 cm³/mol. The van der Waals surface area contributed by atoms with E-state index in [2.05, 4.69) is 17.1 Å². The van der Waals surface area contributed by atoms with E-state index < -0.39 is 0 Å². The lowest BCUT2D eigenvalue weighted by atomic mass is 10.1. The van der Waals surface area contributed by atoms with Gasteiger partial charge in [0.25, 0.3) is 5.91 Å². The van der Waals surface area contributed by atoms with Gasteiger partial charge in [0, 0.05) is 37.4 Å². The monoisotopic (exact) mass is 379 g/mol. The standard InChI is InChI=1S/C23H29N3O2/c1-4-19-7-9-20(10-8-19)23(28)26-13-11-25(12-14-26)16-22(27)24-21-15-17(2)5-6-18(21)3/h5-10,15H,4,11-14,16H2,1-3H3,(H,24,27). The Balaban J connectivity index is 1.50. The zero-order valence-corrected chi connectivity index (χ0v) is 17.0. The molecule has 5 heteroatoms. The fourth-order valence-corrected chi connectivity index (χ4v) is 3.44. The fourth-order valence-electron chi connectivity index (χ4n) is 3.44. The van der Waals surface area contributed by atoms with Gasteiger partial charge in [0.05, 0.1) is 6.54 Å². The summed E-state index contributed by atoms with van der Waals surface area (Å²) in [5.74, 6) is 0.0609. The van der Waals surface area contributed by atoms with Crippen LogP contribution in [0.2, 0.25) is 0 Å². The van der Waals surface area contributed by atoms with Crippen LogP contribution in [-0.2, 0) is 11.2 Å². The molecule has 148 valence electrons. The van der Waals surface area contributed by atoms with E-state index in [1.807, 2.05) is 61.2 Å². The molecule has 0 aromatic heterocycles. The van der Waals surface area contributed by atoms with Crippen molar-refractivity contribution in [2.24, 2.45) is 0 Å². The molecule has 0 atom stereocenters. The highest BCUT2D eigenvalue weighted by Gasteiger charge is 2.23. The summed E-state index contributed by atoms with van der Waals surface area (Å²) in [6.07, 6.45) is 0.970. The Morgan fingerprint density at radius 3 is 2.29 bits per heavy atom. The Labute approximate surface area is 167 Å². The number of aryl methyl sites for hydroxylation is 3. The van der Waals surface area contributed by atoms with Crippen molar-refractivity contribution in [3.8, 4) is 0 Å².